The van der Waals surface area contributed by atoms with Crippen molar-refractivity contribution < 1.29 is 23.5 Å². The Morgan fingerprint density at radius 3 is 2.06 bits per heavy atom. The Morgan fingerprint density at radius 1 is 0.903 bits per heavy atom. The average Bonchev–Trinajstić information content (AvgIpc) is 3.56. The number of benzene rings is 2. The van der Waals surface area contributed by atoms with Crippen molar-refractivity contribution in [2.45, 2.75) is 6.42 Å². The van der Waals surface area contributed by atoms with E-state index in [2.05, 4.69) is 12.2 Å². The number of nitrogens with zero attached hydrogens (tertiary/aromatic N) is 1. The summed E-state index contributed by atoms with van der Waals surface area (Å²) in [6.07, 6.45) is 5.45. The molecule has 3 fully saturated rings. The van der Waals surface area contributed by atoms with E-state index >= 15 is 0 Å². The molecular formula is C25H20FNO4. The average molecular weight is 417 g/mol. The molecule has 1 aliphatic heterocycles. The molecule has 5 nitrogen and oxygen atoms in total. The van der Waals surface area contributed by atoms with Crippen molar-refractivity contribution in [2.24, 2.45) is 35.5 Å². The molecule has 6 heteroatoms. The first-order valence-electron chi connectivity index (χ1n) is 10.6. The van der Waals surface area contributed by atoms with Crippen LogP contribution in [0.1, 0.15) is 16.8 Å². The Hall–Kier alpha value is -3.28. The second kappa shape index (κ2) is 6.61. The first-order chi connectivity index (χ1) is 15.0. The van der Waals surface area contributed by atoms with E-state index in [9.17, 15) is 18.8 Å². The Kier molecular flexibility index (Phi) is 3.94. The van der Waals surface area contributed by atoms with Crippen molar-refractivity contribution in [1.29, 1.82) is 0 Å². The Morgan fingerprint density at radius 2 is 1.48 bits per heavy atom. The lowest BCUT2D eigenvalue weighted by Crippen LogP contribution is -2.40. The number of hydrogen-bond donors (Lipinski definition) is 0. The van der Waals surface area contributed by atoms with Crippen molar-refractivity contribution in [1.82, 2.24) is 0 Å². The highest BCUT2D eigenvalue weighted by atomic mass is 19.1. The molecule has 7 rings (SSSR count). The predicted molar refractivity (Wildman–Crippen MR) is 110 cm³/mol. The fourth-order valence-corrected chi connectivity index (χ4v) is 5.77. The molecular weight excluding hydrogens is 397 g/mol. The highest BCUT2D eigenvalue weighted by molar-refractivity contribution is 6.22. The third-order valence-corrected chi connectivity index (χ3v) is 7.29. The molecule has 2 bridgehead atoms. The topological polar surface area (TPSA) is 63.7 Å². The largest absolute Gasteiger partial charge is 0.485 e. The van der Waals surface area contributed by atoms with E-state index in [0.29, 0.717) is 28.8 Å². The predicted octanol–water partition coefficient (Wildman–Crippen LogP) is 3.64. The zero-order valence-corrected chi connectivity index (χ0v) is 16.6. The van der Waals surface area contributed by atoms with Gasteiger partial charge in [0.15, 0.2) is 12.4 Å². The normalized spacial score (nSPS) is 32.1. The van der Waals surface area contributed by atoms with Crippen molar-refractivity contribution >= 4 is 23.3 Å². The Bertz CT molecular complexity index is 1090. The van der Waals surface area contributed by atoms with Gasteiger partial charge < -0.3 is 4.74 Å². The molecule has 4 aliphatic carbocycles. The SMILES string of the molecule is O=C(COc1ccc(N2C(=O)[C@@H]3[C@H](C2=O)[C@@H]2C=C[C@H]3C3CC32)cc1)c1ccc(F)cc1. The minimum Gasteiger partial charge on any atom is -0.485 e. The summed E-state index contributed by atoms with van der Waals surface area (Å²) in [6, 6.07) is 12.0. The second-order valence-corrected chi connectivity index (χ2v) is 8.88. The van der Waals surface area contributed by atoms with Crippen LogP contribution in [0.3, 0.4) is 0 Å². The maximum absolute atomic E-state index is 13.2. The van der Waals surface area contributed by atoms with Gasteiger partial charge in [0.05, 0.1) is 17.5 Å². The number of amides is 2. The molecule has 1 saturated heterocycles. The van der Waals surface area contributed by atoms with Gasteiger partial charge >= 0.3 is 0 Å². The van der Waals surface area contributed by atoms with E-state index in [1.54, 1.807) is 24.3 Å². The maximum Gasteiger partial charge on any atom is 0.238 e. The van der Waals surface area contributed by atoms with Gasteiger partial charge in [0.25, 0.3) is 0 Å². The van der Waals surface area contributed by atoms with Crippen LogP contribution in [0.4, 0.5) is 10.1 Å². The van der Waals surface area contributed by atoms with Crippen molar-refractivity contribution in [2.75, 3.05) is 11.5 Å². The van der Waals surface area contributed by atoms with E-state index in [-0.39, 0.29) is 47.9 Å². The van der Waals surface area contributed by atoms with Gasteiger partial charge in [-0.2, -0.15) is 0 Å². The fraction of sp³-hybridized carbons (Fsp3) is 0.320. The standard InChI is InChI=1S/C25H20FNO4/c26-14-3-1-13(2-4-14)21(28)12-31-16-7-5-15(6-8-16)27-24(29)22-17-9-10-18(20-11-19(17)20)23(22)25(27)30/h1-10,17-20,22-23H,11-12H2/t17-,18+,19?,20?,22-,23+. The van der Waals surface area contributed by atoms with Crippen molar-refractivity contribution in [3.8, 4) is 5.75 Å². The van der Waals surface area contributed by atoms with Crippen LogP contribution in [0.25, 0.3) is 0 Å². The number of anilines is 1. The molecule has 2 unspecified atom stereocenters. The van der Waals surface area contributed by atoms with Crippen LogP contribution in [-0.4, -0.2) is 24.2 Å². The van der Waals surface area contributed by atoms with E-state index in [0.717, 1.165) is 6.42 Å². The van der Waals surface area contributed by atoms with Gasteiger partial charge in [-0.3, -0.25) is 19.3 Å². The lowest BCUT2D eigenvalue weighted by Gasteiger charge is -2.37. The lowest BCUT2D eigenvalue weighted by molar-refractivity contribution is -0.124. The number of rotatable bonds is 5. The number of hydrogen-bond acceptors (Lipinski definition) is 4. The molecule has 2 aromatic carbocycles. The highest BCUT2D eigenvalue weighted by Gasteiger charge is 2.67. The van der Waals surface area contributed by atoms with Crippen molar-refractivity contribution in [3.05, 3.63) is 72.1 Å². The van der Waals surface area contributed by atoms with Gasteiger partial charge in [-0.05, 0) is 78.6 Å². The van der Waals surface area contributed by atoms with Gasteiger partial charge in [-0.1, -0.05) is 12.2 Å². The zero-order chi connectivity index (χ0) is 21.3. The number of carbonyl (C=O) groups is 3. The van der Waals surface area contributed by atoms with Crippen LogP contribution in [0.5, 0.6) is 5.75 Å². The van der Waals surface area contributed by atoms with Gasteiger partial charge in [-0.25, -0.2) is 4.39 Å². The summed E-state index contributed by atoms with van der Waals surface area (Å²) < 4.78 is 18.5. The molecule has 0 radical (unpaired) electrons. The monoisotopic (exact) mass is 417 g/mol. The fourth-order valence-electron chi connectivity index (χ4n) is 5.77. The summed E-state index contributed by atoms with van der Waals surface area (Å²) in [6.45, 7) is -0.186. The van der Waals surface area contributed by atoms with Crippen LogP contribution in [-0.2, 0) is 9.59 Å². The minimum atomic E-state index is -0.403. The molecule has 2 saturated carbocycles. The minimum absolute atomic E-state index is 0.0974. The van der Waals surface area contributed by atoms with Gasteiger partial charge in [0, 0.05) is 5.56 Å². The number of Topliss-reactive ketones (excluding diaryl/α,β-unsaturated/α-hetero) is 1. The smallest absolute Gasteiger partial charge is 0.238 e. The number of ether oxygens (including phenoxy) is 1. The summed E-state index contributed by atoms with van der Waals surface area (Å²) in [5.74, 6) is 0.677. The molecule has 6 atom stereocenters. The molecule has 31 heavy (non-hydrogen) atoms. The molecule has 2 aromatic rings. The van der Waals surface area contributed by atoms with Gasteiger partial charge in [0.1, 0.15) is 11.6 Å². The number of ketones is 1. The third-order valence-electron chi connectivity index (χ3n) is 7.29. The number of imide groups is 1. The van der Waals surface area contributed by atoms with Gasteiger partial charge in [-0.15, -0.1) is 0 Å². The Balaban J connectivity index is 1.16. The third kappa shape index (κ3) is 2.77. The second-order valence-electron chi connectivity index (χ2n) is 8.88. The van der Waals surface area contributed by atoms with Crippen LogP contribution >= 0.6 is 0 Å². The van der Waals surface area contributed by atoms with Crippen LogP contribution in [0, 0.1) is 41.3 Å². The lowest BCUT2D eigenvalue weighted by atomic mass is 9.63. The summed E-state index contributed by atoms with van der Waals surface area (Å²) >= 11 is 0. The molecule has 0 aromatic heterocycles. The van der Waals surface area contributed by atoms with Gasteiger partial charge in [0.2, 0.25) is 11.8 Å². The summed E-state index contributed by atoms with van der Waals surface area (Å²) in [5, 5.41) is 0. The maximum atomic E-state index is 13.2. The van der Waals surface area contributed by atoms with E-state index < -0.39 is 5.82 Å². The number of carbonyl (C=O) groups excluding carboxylic acids is 3. The van der Waals surface area contributed by atoms with Crippen LogP contribution in [0.15, 0.2) is 60.7 Å². The van der Waals surface area contributed by atoms with E-state index in [1.165, 1.54) is 29.2 Å². The zero-order valence-electron chi connectivity index (χ0n) is 16.6. The molecule has 5 aliphatic rings. The molecule has 0 N–H and O–H groups in total. The quantitative estimate of drug-likeness (QED) is 0.423. The summed E-state index contributed by atoms with van der Waals surface area (Å²) in [4.78, 5) is 39.8. The number of allylic oxidation sites excluding steroid dienone is 2. The van der Waals surface area contributed by atoms with Crippen LogP contribution < -0.4 is 9.64 Å². The molecule has 156 valence electrons. The highest BCUT2D eigenvalue weighted by Crippen LogP contribution is 2.65. The van der Waals surface area contributed by atoms with E-state index in [1.807, 2.05) is 0 Å². The first-order valence-corrected chi connectivity index (χ1v) is 10.6. The summed E-state index contributed by atoms with van der Waals surface area (Å²) in [7, 11) is 0. The summed E-state index contributed by atoms with van der Waals surface area (Å²) in [5.41, 5.74) is 0.907. The molecule has 2 amide bonds. The Labute approximate surface area is 178 Å². The molecule has 0 spiro atoms. The van der Waals surface area contributed by atoms with E-state index in [4.69, 9.17) is 4.74 Å². The molecule has 1 heterocycles. The van der Waals surface area contributed by atoms with Crippen molar-refractivity contribution in [3.63, 3.8) is 0 Å². The number of halogens is 1. The van der Waals surface area contributed by atoms with Crippen LogP contribution in [0.2, 0.25) is 0 Å². The first kappa shape index (κ1) is 18.5.